The Bertz CT molecular complexity index is 382. The third-order valence-corrected chi connectivity index (χ3v) is 2.57. The van der Waals surface area contributed by atoms with Gasteiger partial charge in [-0.15, -0.1) is 11.8 Å². The van der Waals surface area contributed by atoms with E-state index >= 15 is 0 Å². The number of hydrogen-bond acceptors (Lipinski definition) is 5. The van der Waals surface area contributed by atoms with E-state index in [-0.39, 0.29) is 11.4 Å². The second-order valence-corrected chi connectivity index (χ2v) is 3.60. The van der Waals surface area contributed by atoms with E-state index in [1.165, 1.54) is 17.8 Å². The molecule has 0 saturated carbocycles. The third-order valence-electron chi connectivity index (χ3n) is 1.81. The van der Waals surface area contributed by atoms with E-state index < -0.39 is 4.92 Å². The van der Waals surface area contributed by atoms with Gasteiger partial charge in [-0.25, -0.2) is 0 Å². The van der Waals surface area contributed by atoms with E-state index in [2.05, 4.69) is 0 Å². The topological polar surface area (TPSA) is 78.4 Å². The highest BCUT2D eigenvalue weighted by atomic mass is 32.2. The van der Waals surface area contributed by atoms with E-state index in [1.54, 1.807) is 6.07 Å². The SMILES string of the molecule is CCOc1cc([N+](=O)[O-])c(N)cc1SC. The summed E-state index contributed by atoms with van der Waals surface area (Å²) in [6.07, 6.45) is 1.86. The van der Waals surface area contributed by atoms with Crippen LogP contribution in [-0.4, -0.2) is 17.8 Å². The highest BCUT2D eigenvalue weighted by molar-refractivity contribution is 7.98. The van der Waals surface area contributed by atoms with Crippen LogP contribution in [0.15, 0.2) is 17.0 Å². The Morgan fingerprint density at radius 1 is 1.60 bits per heavy atom. The number of nitro groups is 1. The number of benzene rings is 1. The maximum Gasteiger partial charge on any atom is 0.295 e. The largest absolute Gasteiger partial charge is 0.492 e. The molecule has 1 rings (SSSR count). The maximum absolute atomic E-state index is 10.6. The first-order valence-electron chi connectivity index (χ1n) is 4.34. The van der Waals surface area contributed by atoms with Gasteiger partial charge in [-0.1, -0.05) is 0 Å². The molecule has 0 aliphatic rings. The van der Waals surface area contributed by atoms with Crippen molar-refractivity contribution in [2.45, 2.75) is 11.8 Å². The molecule has 0 bridgehead atoms. The lowest BCUT2D eigenvalue weighted by atomic mass is 10.2. The summed E-state index contributed by atoms with van der Waals surface area (Å²) < 4.78 is 5.29. The van der Waals surface area contributed by atoms with Gasteiger partial charge in [0, 0.05) is 0 Å². The first-order valence-corrected chi connectivity index (χ1v) is 5.57. The summed E-state index contributed by atoms with van der Waals surface area (Å²) in [5.74, 6) is 0.505. The van der Waals surface area contributed by atoms with Gasteiger partial charge in [-0.2, -0.15) is 0 Å². The second-order valence-electron chi connectivity index (χ2n) is 2.75. The summed E-state index contributed by atoms with van der Waals surface area (Å²) in [6.45, 7) is 2.29. The first kappa shape index (κ1) is 11.6. The summed E-state index contributed by atoms with van der Waals surface area (Å²) in [4.78, 5) is 10.9. The van der Waals surface area contributed by atoms with Crippen molar-refractivity contribution in [3.63, 3.8) is 0 Å². The van der Waals surface area contributed by atoms with Crippen molar-refractivity contribution in [3.8, 4) is 5.75 Å². The van der Waals surface area contributed by atoms with Crippen molar-refractivity contribution >= 4 is 23.1 Å². The molecule has 0 aliphatic heterocycles. The van der Waals surface area contributed by atoms with Gasteiger partial charge in [0.25, 0.3) is 5.69 Å². The van der Waals surface area contributed by atoms with Crippen LogP contribution in [-0.2, 0) is 0 Å². The Morgan fingerprint density at radius 2 is 2.27 bits per heavy atom. The van der Waals surface area contributed by atoms with Crippen molar-refractivity contribution < 1.29 is 9.66 Å². The smallest absolute Gasteiger partial charge is 0.295 e. The molecule has 15 heavy (non-hydrogen) atoms. The maximum atomic E-state index is 10.6. The van der Waals surface area contributed by atoms with Crippen molar-refractivity contribution in [1.82, 2.24) is 0 Å². The van der Waals surface area contributed by atoms with E-state index in [4.69, 9.17) is 10.5 Å². The Morgan fingerprint density at radius 3 is 2.73 bits per heavy atom. The number of anilines is 1. The van der Waals surface area contributed by atoms with Crippen LogP contribution in [0.4, 0.5) is 11.4 Å². The normalized spacial score (nSPS) is 10.0. The number of nitrogens with zero attached hydrogens (tertiary/aromatic N) is 1. The van der Waals surface area contributed by atoms with E-state index in [9.17, 15) is 10.1 Å². The molecule has 2 N–H and O–H groups in total. The van der Waals surface area contributed by atoms with Crippen molar-refractivity contribution in [3.05, 3.63) is 22.2 Å². The molecule has 0 aromatic heterocycles. The summed E-state index contributed by atoms with van der Waals surface area (Å²) >= 11 is 1.44. The minimum absolute atomic E-state index is 0.115. The molecule has 0 spiro atoms. The Hall–Kier alpha value is -1.43. The fraction of sp³-hybridized carbons (Fsp3) is 0.333. The number of ether oxygens (including phenoxy) is 1. The Kier molecular flexibility index (Phi) is 3.79. The van der Waals surface area contributed by atoms with Crippen molar-refractivity contribution in [1.29, 1.82) is 0 Å². The van der Waals surface area contributed by atoms with Crippen LogP contribution in [0.1, 0.15) is 6.92 Å². The zero-order valence-electron chi connectivity index (χ0n) is 8.52. The van der Waals surface area contributed by atoms with Gasteiger partial charge in [0.2, 0.25) is 0 Å². The predicted octanol–water partition coefficient (Wildman–Crippen LogP) is 2.30. The minimum Gasteiger partial charge on any atom is -0.492 e. The highest BCUT2D eigenvalue weighted by Gasteiger charge is 2.16. The first-order chi connectivity index (χ1) is 7.10. The summed E-state index contributed by atoms with van der Waals surface area (Å²) in [5, 5.41) is 10.6. The van der Waals surface area contributed by atoms with Crippen LogP contribution in [0.5, 0.6) is 5.75 Å². The van der Waals surface area contributed by atoms with Gasteiger partial charge >= 0.3 is 0 Å². The van der Waals surface area contributed by atoms with Crippen molar-refractivity contribution in [2.24, 2.45) is 0 Å². The summed E-state index contributed by atoms with van der Waals surface area (Å²) in [6, 6.07) is 2.93. The van der Waals surface area contributed by atoms with Gasteiger partial charge in [0.05, 0.1) is 22.5 Å². The number of nitrogens with two attached hydrogens (primary N) is 1. The second kappa shape index (κ2) is 4.88. The van der Waals surface area contributed by atoms with Gasteiger partial charge in [-0.3, -0.25) is 10.1 Å². The zero-order chi connectivity index (χ0) is 11.4. The standard InChI is InChI=1S/C9H12N2O3S/c1-3-14-8-5-7(11(12)13)6(10)4-9(8)15-2/h4-5H,3,10H2,1-2H3. The quantitative estimate of drug-likeness (QED) is 0.370. The lowest BCUT2D eigenvalue weighted by molar-refractivity contribution is -0.384. The van der Waals surface area contributed by atoms with Crippen LogP contribution in [0.3, 0.4) is 0 Å². The van der Waals surface area contributed by atoms with Gasteiger partial charge < -0.3 is 10.5 Å². The van der Waals surface area contributed by atoms with E-state index in [0.717, 1.165) is 4.90 Å². The molecule has 1 aromatic carbocycles. The molecule has 0 radical (unpaired) electrons. The lowest BCUT2D eigenvalue weighted by Crippen LogP contribution is -1.99. The van der Waals surface area contributed by atoms with Crippen LogP contribution < -0.4 is 10.5 Å². The molecule has 0 aliphatic carbocycles. The van der Waals surface area contributed by atoms with Gasteiger partial charge in [0.15, 0.2) is 0 Å². The van der Waals surface area contributed by atoms with E-state index in [0.29, 0.717) is 12.4 Å². The van der Waals surface area contributed by atoms with Crippen LogP contribution in [0.25, 0.3) is 0 Å². The number of nitro benzene ring substituents is 1. The average molecular weight is 228 g/mol. The Balaban J connectivity index is 3.23. The highest BCUT2D eigenvalue weighted by Crippen LogP contribution is 2.35. The molecule has 6 heteroatoms. The van der Waals surface area contributed by atoms with Crippen LogP contribution in [0.2, 0.25) is 0 Å². The monoisotopic (exact) mass is 228 g/mol. The number of hydrogen-bond donors (Lipinski definition) is 1. The zero-order valence-corrected chi connectivity index (χ0v) is 9.34. The molecule has 0 atom stereocenters. The number of thioether (sulfide) groups is 1. The van der Waals surface area contributed by atoms with Gasteiger partial charge in [0.1, 0.15) is 11.4 Å². The summed E-state index contributed by atoms with van der Waals surface area (Å²) in [7, 11) is 0. The molecule has 1 aromatic rings. The molecular formula is C9H12N2O3S. The number of rotatable bonds is 4. The molecule has 0 heterocycles. The van der Waals surface area contributed by atoms with E-state index in [1.807, 2.05) is 13.2 Å². The molecular weight excluding hydrogens is 216 g/mol. The van der Waals surface area contributed by atoms with Gasteiger partial charge in [-0.05, 0) is 19.2 Å². The van der Waals surface area contributed by atoms with Crippen LogP contribution >= 0.6 is 11.8 Å². The molecule has 5 nitrogen and oxygen atoms in total. The summed E-state index contributed by atoms with van der Waals surface area (Å²) in [5.41, 5.74) is 5.60. The molecule has 0 unspecified atom stereocenters. The molecule has 0 amide bonds. The molecule has 0 fully saturated rings. The molecule has 82 valence electrons. The minimum atomic E-state index is -0.512. The Labute approximate surface area is 91.8 Å². The fourth-order valence-corrected chi connectivity index (χ4v) is 1.71. The third kappa shape index (κ3) is 2.53. The lowest BCUT2D eigenvalue weighted by Gasteiger charge is -2.09. The number of nitrogen functional groups attached to an aromatic ring is 1. The predicted molar refractivity (Wildman–Crippen MR) is 60.5 cm³/mol. The van der Waals surface area contributed by atoms with Crippen LogP contribution in [0, 0.1) is 10.1 Å². The average Bonchev–Trinajstić information content (AvgIpc) is 2.20. The van der Waals surface area contributed by atoms with Crippen molar-refractivity contribution in [2.75, 3.05) is 18.6 Å². The fourth-order valence-electron chi connectivity index (χ4n) is 1.15. The molecule has 0 saturated heterocycles.